The number of rotatable bonds is 4. The van der Waals surface area contributed by atoms with Crippen LogP contribution in [0.5, 0.6) is 0 Å². The number of nitrogens with one attached hydrogen (secondary N) is 3. The molecule has 3 N–H and O–H groups in total. The van der Waals surface area contributed by atoms with E-state index in [2.05, 4.69) is 20.9 Å². The van der Waals surface area contributed by atoms with Crippen molar-refractivity contribution in [3.63, 3.8) is 0 Å². The second kappa shape index (κ2) is 8.99. The largest absolute Gasteiger partial charge is 0.423 e. The number of amides is 1. The molecule has 170 valence electrons. The third-order valence-electron chi connectivity index (χ3n) is 5.33. The van der Waals surface area contributed by atoms with Gasteiger partial charge in [-0.05, 0) is 37.3 Å². The van der Waals surface area contributed by atoms with Crippen molar-refractivity contribution in [1.29, 1.82) is 0 Å². The minimum atomic E-state index is -0.756. The van der Waals surface area contributed by atoms with Gasteiger partial charge in [0.05, 0.1) is 11.3 Å². The van der Waals surface area contributed by atoms with Crippen molar-refractivity contribution in [3.05, 3.63) is 100 Å². The van der Waals surface area contributed by atoms with Crippen molar-refractivity contribution in [1.82, 2.24) is 10.3 Å². The molecule has 0 radical (unpaired) electrons. The number of benzene rings is 3. The lowest BCUT2D eigenvalue weighted by Crippen LogP contribution is -2.37. The molecule has 1 aromatic heterocycles. The van der Waals surface area contributed by atoms with Crippen LogP contribution in [0.3, 0.4) is 0 Å². The standard InChI is InChI=1S/C25H19ClFN5O2/c1-14-21(23(33)29-18-11-5-4-10-17(18)27)22(15-8-2-3-9-16(15)26)31-24(28-14)32-25-30-19-12-6-7-13-20(19)34-25/h2-13,22H,1H3,(H,29,33)(H2,28,30,31,32). The van der Waals surface area contributed by atoms with E-state index >= 15 is 0 Å². The van der Waals surface area contributed by atoms with Crippen molar-refractivity contribution >= 4 is 46.3 Å². The number of hydrogen-bond acceptors (Lipinski definition) is 6. The van der Waals surface area contributed by atoms with Crippen molar-refractivity contribution in [2.75, 3.05) is 10.6 Å². The minimum absolute atomic E-state index is 0.0742. The van der Waals surface area contributed by atoms with Gasteiger partial charge in [0.1, 0.15) is 17.4 Å². The van der Waals surface area contributed by atoms with Gasteiger partial charge in [-0.3, -0.25) is 10.1 Å². The molecule has 1 aliphatic heterocycles. The van der Waals surface area contributed by atoms with E-state index in [1.165, 1.54) is 12.1 Å². The number of para-hydroxylation sites is 3. The molecule has 34 heavy (non-hydrogen) atoms. The summed E-state index contributed by atoms with van der Waals surface area (Å²) in [4.78, 5) is 22.4. The van der Waals surface area contributed by atoms with Crippen LogP contribution in [0.15, 0.2) is 93.5 Å². The molecule has 1 atom stereocenters. The number of allylic oxidation sites excluding steroid dienone is 1. The van der Waals surface area contributed by atoms with E-state index in [0.29, 0.717) is 38.9 Å². The molecule has 0 saturated carbocycles. The van der Waals surface area contributed by atoms with E-state index in [9.17, 15) is 9.18 Å². The third kappa shape index (κ3) is 4.23. The lowest BCUT2D eigenvalue weighted by atomic mass is 9.95. The molecule has 0 saturated heterocycles. The Kier molecular flexibility index (Phi) is 5.73. The van der Waals surface area contributed by atoms with Crippen LogP contribution in [0, 0.1) is 5.82 Å². The summed E-state index contributed by atoms with van der Waals surface area (Å²) in [5.74, 6) is -0.699. The number of carbonyl (C=O) groups excluding carboxylic acids is 1. The van der Waals surface area contributed by atoms with Gasteiger partial charge in [0.2, 0.25) is 5.96 Å². The lowest BCUT2D eigenvalue weighted by Gasteiger charge is -2.27. The second-order valence-electron chi connectivity index (χ2n) is 7.61. The molecule has 1 unspecified atom stereocenters. The summed E-state index contributed by atoms with van der Waals surface area (Å²) in [6.07, 6.45) is 0. The normalized spacial score (nSPS) is 15.6. The fraction of sp³-hybridized carbons (Fsp3) is 0.0800. The Balaban J connectivity index is 1.50. The van der Waals surface area contributed by atoms with Crippen molar-refractivity contribution in [2.24, 2.45) is 4.99 Å². The average Bonchev–Trinajstić information content (AvgIpc) is 3.22. The molecule has 2 heterocycles. The number of aliphatic imine (C=N–C) groups is 1. The molecule has 4 aromatic rings. The Morgan fingerprint density at radius 2 is 1.79 bits per heavy atom. The highest BCUT2D eigenvalue weighted by Gasteiger charge is 2.31. The Morgan fingerprint density at radius 3 is 2.59 bits per heavy atom. The molecular weight excluding hydrogens is 457 g/mol. The summed E-state index contributed by atoms with van der Waals surface area (Å²) in [5.41, 5.74) is 2.85. The first-order valence-electron chi connectivity index (χ1n) is 10.5. The van der Waals surface area contributed by atoms with Crippen LogP contribution in [0.2, 0.25) is 5.02 Å². The van der Waals surface area contributed by atoms with Crippen LogP contribution < -0.4 is 16.0 Å². The number of halogens is 2. The fourth-order valence-electron chi connectivity index (χ4n) is 3.74. The van der Waals surface area contributed by atoms with Gasteiger partial charge >= 0.3 is 6.01 Å². The van der Waals surface area contributed by atoms with E-state index in [4.69, 9.17) is 21.0 Å². The number of guanidine groups is 1. The number of aromatic nitrogens is 1. The molecule has 5 rings (SSSR count). The number of hydrogen-bond donors (Lipinski definition) is 3. The zero-order chi connectivity index (χ0) is 23.7. The van der Waals surface area contributed by atoms with Crippen molar-refractivity contribution < 1.29 is 13.6 Å². The highest BCUT2D eigenvalue weighted by Crippen LogP contribution is 2.35. The topological polar surface area (TPSA) is 91.5 Å². The van der Waals surface area contributed by atoms with E-state index < -0.39 is 17.8 Å². The molecule has 1 aliphatic rings. The Bertz CT molecular complexity index is 1430. The summed E-state index contributed by atoms with van der Waals surface area (Å²) in [6, 6.07) is 20.0. The zero-order valence-corrected chi connectivity index (χ0v) is 18.7. The summed E-state index contributed by atoms with van der Waals surface area (Å²) >= 11 is 6.47. The first-order valence-corrected chi connectivity index (χ1v) is 10.9. The number of carbonyl (C=O) groups is 1. The van der Waals surface area contributed by atoms with Gasteiger partial charge in [0.15, 0.2) is 5.58 Å². The molecule has 3 aromatic carbocycles. The van der Waals surface area contributed by atoms with E-state index in [0.717, 1.165) is 0 Å². The highest BCUT2D eigenvalue weighted by molar-refractivity contribution is 6.31. The maximum atomic E-state index is 14.2. The molecule has 0 aliphatic carbocycles. The molecule has 7 nitrogen and oxygen atoms in total. The van der Waals surface area contributed by atoms with Crippen LogP contribution in [0.1, 0.15) is 18.5 Å². The van der Waals surface area contributed by atoms with Crippen LogP contribution in [0.25, 0.3) is 11.1 Å². The van der Waals surface area contributed by atoms with Crippen molar-refractivity contribution in [3.8, 4) is 0 Å². The molecule has 9 heteroatoms. The van der Waals surface area contributed by atoms with Gasteiger partial charge in [-0.15, -0.1) is 0 Å². The highest BCUT2D eigenvalue weighted by atomic mass is 35.5. The van der Waals surface area contributed by atoms with Crippen LogP contribution in [-0.2, 0) is 4.79 Å². The average molecular weight is 476 g/mol. The SMILES string of the molecule is CC1=C(C(=O)Nc2ccccc2F)C(c2ccccc2Cl)N=C(Nc2nc3ccccc3o2)N1. The predicted octanol–water partition coefficient (Wildman–Crippen LogP) is 5.65. The molecule has 0 spiro atoms. The Hall–Kier alpha value is -4.17. The monoisotopic (exact) mass is 475 g/mol. The number of anilines is 2. The molecule has 0 fully saturated rings. The first-order chi connectivity index (χ1) is 16.5. The van der Waals surface area contributed by atoms with E-state index in [-0.39, 0.29) is 11.7 Å². The number of fused-ring (bicyclic) bond motifs is 1. The van der Waals surface area contributed by atoms with Crippen LogP contribution >= 0.6 is 11.6 Å². The summed E-state index contributed by atoms with van der Waals surface area (Å²) in [6.45, 7) is 1.74. The Labute approximate surface area is 199 Å². The van der Waals surface area contributed by atoms with Gasteiger partial charge in [0, 0.05) is 16.3 Å². The molecule has 0 bridgehead atoms. The maximum absolute atomic E-state index is 14.2. The third-order valence-corrected chi connectivity index (χ3v) is 5.67. The van der Waals surface area contributed by atoms with E-state index in [1.54, 1.807) is 37.3 Å². The number of nitrogens with zero attached hydrogens (tertiary/aromatic N) is 2. The van der Waals surface area contributed by atoms with Gasteiger partial charge in [-0.2, -0.15) is 4.98 Å². The summed E-state index contributed by atoms with van der Waals surface area (Å²) in [5, 5.41) is 9.19. The zero-order valence-electron chi connectivity index (χ0n) is 18.0. The number of oxazole rings is 1. The minimum Gasteiger partial charge on any atom is -0.423 e. The van der Waals surface area contributed by atoms with Gasteiger partial charge in [-0.25, -0.2) is 9.38 Å². The molecule has 1 amide bonds. The fourth-order valence-corrected chi connectivity index (χ4v) is 3.97. The van der Waals surface area contributed by atoms with E-state index in [1.807, 2.05) is 30.3 Å². The lowest BCUT2D eigenvalue weighted by molar-refractivity contribution is -0.113. The van der Waals surface area contributed by atoms with Gasteiger partial charge < -0.3 is 15.1 Å². The smallest absolute Gasteiger partial charge is 0.302 e. The predicted molar refractivity (Wildman–Crippen MR) is 130 cm³/mol. The first kappa shape index (κ1) is 21.7. The summed E-state index contributed by atoms with van der Waals surface area (Å²) < 4.78 is 19.9. The van der Waals surface area contributed by atoms with Crippen molar-refractivity contribution in [2.45, 2.75) is 13.0 Å². The quantitative estimate of drug-likeness (QED) is 0.355. The molecular formula is C25H19ClFN5O2. The Morgan fingerprint density at radius 1 is 1.06 bits per heavy atom. The second-order valence-corrected chi connectivity index (χ2v) is 8.02. The van der Waals surface area contributed by atoms with Gasteiger partial charge in [-0.1, -0.05) is 54.1 Å². The van der Waals surface area contributed by atoms with Gasteiger partial charge in [0.25, 0.3) is 5.91 Å². The van der Waals surface area contributed by atoms with Crippen LogP contribution in [0.4, 0.5) is 16.1 Å². The summed E-state index contributed by atoms with van der Waals surface area (Å²) in [7, 11) is 0. The maximum Gasteiger partial charge on any atom is 0.302 e. The van der Waals surface area contributed by atoms with Crippen LogP contribution in [-0.4, -0.2) is 16.9 Å².